The Morgan fingerprint density at radius 2 is 2.00 bits per heavy atom. The Bertz CT molecular complexity index is 249. The second-order valence-corrected chi connectivity index (χ2v) is 4.62. The number of carbonyl (C=O) groups is 1. The van der Waals surface area contributed by atoms with Gasteiger partial charge in [-0.2, -0.15) is 0 Å². The summed E-state index contributed by atoms with van der Waals surface area (Å²) in [7, 11) is 0. The average molecular weight is 220 g/mol. The Labute approximate surface area is 86.3 Å². The lowest BCUT2D eigenvalue weighted by Crippen LogP contribution is -2.52. The second kappa shape index (κ2) is 4.37. The predicted molar refractivity (Wildman–Crippen MR) is 53.8 cm³/mol. The number of nitrogens with zero attached hydrogens (tertiary/aromatic N) is 1. The molecule has 0 aromatic rings. The molecule has 2 N–H and O–H groups in total. The maximum atomic E-state index is 11.0. The van der Waals surface area contributed by atoms with Crippen LogP contribution in [0.4, 0.5) is 0 Å². The molecule has 1 saturated heterocycles. The molecule has 1 fully saturated rings. The summed E-state index contributed by atoms with van der Waals surface area (Å²) in [5.41, 5.74) is -0.328. The SMILES string of the molecule is CC(=O)N1CCC(C)(NS(=O)O)CC1. The van der Waals surface area contributed by atoms with Gasteiger partial charge in [-0.25, -0.2) is 8.93 Å². The summed E-state index contributed by atoms with van der Waals surface area (Å²) in [6.07, 6.45) is 1.41. The predicted octanol–water partition coefficient (Wildman–Crippen LogP) is 0.114. The molecule has 82 valence electrons. The summed E-state index contributed by atoms with van der Waals surface area (Å²) in [4.78, 5) is 12.8. The Hall–Kier alpha value is -0.460. The summed E-state index contributed by atoms with van der Waals surface area (Å²) in [5, 5.41) is 0. The van der Waals surface area contributed by atoms with Crippen LogP contribution in [-0.2, 0) is 16.1 Å². The second-order valence-electron chi connectivity index (χ2n) is 3.92. The number of piperidine rings is 1. The molecule has 0 aliphatic carbocycles. The summed E-state index contributed by atoms with van der Waals surface area (Å²) in [6.45, 7) is 4.74. The van der Waals surface area contributed by atoms with Gasteiger partial charge in [-0.05, 0) is 19.8 Å². The number of likely N-dealkylation sites (tertiary alicyclic amines) is 1. The van der Waals surface area contributed by atoms with Crippen molar-refractivity contribution in [2.75, 3.05) is 13.1 Å². The maximum Gasteiger partial charge on any atom is 0.232 e. The first-order chi connectivity index (χ1) is 6.43. The Morgan fingerprint density at radius 1 is 1.50 bits per heavy atom. The Balaban J connectivity index is 2.48. The molecule has 0 bridgehead atoms. The maximum absolute atomic E-state index is 11.0. The minimum absolute atomic E-state index is 0.0668. The van der Waals surface area contributed by atoms with E-state index < -0.39 is 11.3 Å². The number of hydrogen-bond acceptors (Lipinski definition) is 2. The van der Waals surface area contributed by atoms with E-state index >= 15 is 0 Å². The van der Waals surface area contributed by atoms with Crippen LogP contribution in [0.5, 0.6) is 0 Å². The standard InChI is InChI=1S/C8H16N2O3S/c1-7(11)10-5-3-8(2,4-6-10)9-14(12)13/h9H,3-6H2,1-2H3,(H,12,13). The molecule has 1 amide bonds. The van der Waals surface area contributed by atoms with Gasteiger partial charge < -0.3 is 4.90 Å². The summed E-state index contributed by atoms with van der Waals surface area (Å²) in [5.74, 6) is 0.0668. The summed E-state index contributed by atoms with van der Waals surface area (Å²) >= 11 is -1.98. The fraction of sp³-hybridized carbons (Fsp3) is 0.875. The number of rotatable bonds is 2. The molecule has 0 spiro atoms. The van der Waals surface area contributed by atoms with Crippen molar-refractivity contribution in [2.45, 2.75) is 32.2 Å². The lowest BCUT2D eigenvalue weighted by atomic mass is 9.91. The van der Waals surface area contributed by atoms with Gasteiger partial charge in [0.25, 0.3) is 0 Å². The van der Waals surface area contributed by atoms with Crippen molar-refractivity contribution in [2.24, 2.45) is 0 Å². The lowest BCUT2D eigenvalue weighted by molar-refractivity contribution is -0.130. The van der Waals surface area contributed by atoms with E-state index in [1.165, 1.54) is 0 Å². The van der Waals surface area contributed by atoms with Crippen LogP contribution in [0.25, 0.3) is 0 Å². The minimum Gasteiger partial charge on any atom is -0.343 e. The zero-order valence-corrected chi connectivity index (χ0v) is 9.26. The molecule has 6 heteroatoms. The highest BCUT2D eigenvalue weighted by Gasteiger charge is 2.31. The number of nitrogens with one attached hydrogen (secondary N) is 1. The molecule has 1 aliphatic rings. The van der Waals surface area contributed by atoms with Gasteiger partial charge in [0.15, 0.2) is 0 Å². The normalized spacial score (nSPS) is 23.2. The topological polar surface area (TPSA) is 69.6 Å². The highest BCUT2D eigenvalue weighted by molar-refractivity contribution is 7.77. The first-order valence-corrected chi connectivity index (χ1v) is 5.68. The van der Waals surface area contributed by atoms with E-state index in [2.05, 4.69) is 4.72 Å². The van der Waals surface area contributed by atoms with Crippen LogP contribution < -0.4 is 4.72 Å². The number of hydrogen-bond donors (Lipinski definition) is 2. The van der Waals surface area contributed by atoms with Gasteiger partial charge in [0, 0.05) is 25.6 Å². The third kappa shape index (κ3) is 3.04. The molecule has 0 aromatic heterocycles. The summed E-state index contributed by atoms with van der Waals surface area (Å²) < 4.78 is 21.9. The smallest absolute Gasteiger partial charge is 0.232 e. The van der Waals surface area contributed by atoms with Gasteiger partial charge in [0.05, 0.1) is 0 Å². The van der Waals surface area contributed by atoms with Crippen LogP contribution in [-0.4, -0.2) is 38.2 Å². The molecule has 1 unspecified atom stereocenters. The summed E-state index contributed by atoms with van der Waals surface area (Å²) in [6, 6.07) is 0. The van der Waals surface area contributed by atoms with Crippen molar-refractivity contribution < 1.29 is 13.6 Å². The minimum atomic E-state index is -1.98. The van der Waals surface area contributed by atoms with Crippen molar-refractivity contribution in [3.05, 3.63) is 0 Å². The fourth-order valence-electron chi connectivity index (χ4n) is 1.63. The van der Waals surface area contributed by atoms with Gasteiger partial charge in [0.2, 0.25) is 17.2 Å². The molecule has 0 aromatic carbocycles. The molecular weight excluding hydrogens is 204 g/mol. The third-order valence-electron chi connectivity index (χ3n) is 2.65. The van der Waals surface area contributed by atoms with Gasteiger partial charge in [-0.1, -0.05) is 0 Å². The fourth-order valence-corrected chi connectivity index (χ4v) is 2.25. The average Bonchev–Trinajstić information content (AvgIpc) is 2.02. The van der Waals surface area contributed by atoms with Crippen LogP contribution in [0, 0.1) is 0 Å². The molecule has 1 aliphatic heterocycles. The van der Waals surface area contributed by atoms with E-state index in [-0.39, 0.29) is 11.4 Å². The van der Waals surface area contributed by atoms with Crippen LogP contribution in [0.3, 0.4) is 0 Å². The Morgan fingerprint density at radius 3 is 2.36 bits per heavy atom. The molecule has 0 radical (unpaired) electrons. The third-order valence-corrected chi connectivity index (χ3v) is 3.31. The van der Waals surface area contributed by atoms with E-state index in [1.54, 1.807) is 11.8 Å². The van der Waals surface area contributed by atoms with Crippen LogP contribution >= 0.6 is 0 Å². The largest absolute Gasteiger partial charge is 0.343 e. The number of amides is 1. The van der Waals surface area contributed by atoms with Gasteiger partial charge in [0.1, 0.15) is 0 Å². The van der Waals surface area contributed by atoms with Gasteiger partial charge >= 0.3 is 0 Å². The van der Waals surface area contributed by atoms with Crippen molar-refractivity contribution in [3.8, 4) is 0 Å². The van der Waals surface area contributed by atoms with E-state index in [0.717, 1.165) is 0 Å². The zero-order valence-electron chi connectivity index (χ0n) is 8.45. The van der Waals surface area contributed by atoms with Crippen LogP contribution in [0.15, 0.2) is 0 Å². The van der Waals surface area contributed by atoms with Crippen molar-refractivity contribution >= 4 is 17.2 Å². The van der Waals surface area contributed by atoms with Crippen molar-refractivity contribution in [1.82, 2.24) is 9.62 Å². The van der Waals surface area contributed by atoms with Crippen molar-refractivity contribution in [1.29, 1.82) is 0 Å². The van der Waals surface area contributed by atoms with Gasteiger partial charge in [-0.3, -0.25) is 9.35 Å². The zero-order chi connectivity index (χ0) is 10.8. The van der Waals surface area contributed by atoms with E-state index in [4.69, 9.17) is 4.55 Å². The lowest BCUT2D eigenvalue weighted by Gasteiger charge is -2.38. The molecule has 1 rings (SSSR count). The van der Waals surface area contributed by atoms with Crippen LogP contribution in [0.2, 0.25) is 0 Å². The highest BCUT2D eigenvalue weighted by atomic mass is 32.2. The first kappa shape index (κ1) is 11.6. The quantitative estimate of drug-likeness (QED) is 0.649. The van der Waals surface area contributed by atoms with E-state index in [1.807, 2.05) is 6.92 Å². The molecule has 1 heterocycles. The molecule has 0 saturated carbocycles. The van der Waals surface area contributed by atoms with E-state index in [9.17, 15) is 9.00 Å². The molecular formula is C8H16N2O3S. The monoisotopic (exact) mass is 220 g/mol. The van der Waals surface area contributed by atoms with Crippen molar-refractivity contribution in [3.63, 3.8) is 0 Å². The number of carbonyl (C=O) groups excluding carboxylic acids is 1. The Kier molecular flexibility index (Phi) is 3.63. The highest BCUT2D eigenvalue weighted by Crippen LogP contribution is 2.21. The molecule has 1 atom stereocenters. The van der Waals surface area contributed by atoms with E-state index in [0.29, 0.717) is 25.9 Å². The van der Waals surface area contributed by atoms with Crippen LogP contribution in [0.1, 0.15) is 26.7 Å². The first-order valence-electron chi connectivity index (χ1n) is 4.57. The molecule has 14 heavy (non-hydrogen) atoms. The van der Waals surface area contributed by atoms with Gasteiger partial charge in [-0.15, -0.1) is 0 Å². The molecule has 5 nitrogen and oxygen atoms in total.